The molecule has 0 aliphatic carbocycles. The number of aryl methyl sites for hydroxylation is 1. The van der Waals surface area contributed by atoms with Crippen LogP contribution in [0.15, 0.2) is 42.5 Å². The number of aromatic nitrogens is 2. The minimum absolute atomic E-state index is 0.0931. The molecule has 3 N–H and O–H groups in total. The zero-order valence-electron chi connectivity index (χ0n) is 14.3. The van der Waals surface area contributed by atoms with Crippen LogP contribution in [0, 0.1) is 0 Å². The summed E-state index contributed by atoms with van der Waals surface area (Å²) in [5.74, 6) is 0.584. The van der Waals surface area contributed by atoms with E-state index >= 15 is 0 Å². The lowest BCUT2D eigenvalue weighted by molar-refractivity contribution is -0.116. The number of imidazole rings is 1. The molecule has 0 saturated carbocycles. The van der Waals surface area contributed by atoms with Crippen LogP contribution < -0.4 is 10.6 Å². The molecule has 0 spiro atoms. The molecule has 0 saturated heterocycles. The van der Waals surface area contributed by atoms with Gasteiger partial charge < -0.3 is 15.6 Å². The van der Waals surface area contributed by atoms with Crippen LogP contribution >= 0.6 is 11.6 Å². The number of carbonyl (C=O) groups excluding carboxylic acids is 2. The Morgan fingerprint density at radius 3 is 2.69 bits per heavy atom. The Morgan fingerprint density at radius 2 is 1.96 bits per heavy atom. The van der Waals surface area contributed by atoms with Crippen molar-refractivity contribution in [3.05, 3.63) is 53.3 Å². The highest BCUT2D eigenvalue weighted by Crippen LogP contribution is 2.25. The Bertz CT molecular complexity index is 919. The molecule has 0 aliphatic rings. The second-order valence-electron chi connectivity index (χ2n) is 5.98. The Balaban J connectivity index is 1.50. The van der Waals surface area contributed by atoms with Crippen molar-refractivity contribution in [2.24, 2.45) is 0 Å². The van der Waals surface area contributed by atoms with Crippen LogP contribution in [0.3, 0.4) is 0 Å². The zero-order valence-corrected chi connectivity index (χ0v) is 15.1. The van der Waals surface area contributed by atoms with Crippen LogP contribution in [0.1, 0.15) is 25.6 Å². The van der Waals surface area contributed by atoms with Gasteiger partial charge in [0.05, 0.1) is 21.7 Å². The summed E-state index contributed by atoms with van der Waals surface area (Å²) in [6.45, 7) is 1.41. The minimum atomic E-state index is -0.200. The Hall–Kier alpha value is -2.86. The van der Waals surface area contributed by atoms with Gasteiger partial charge in [-0.2, -0.15) is 0 Å². The smallest absolute Gasteiger partial charge is 0.224 e. The summed E-state index contributed by atoms with van der Waals surface area (Å²) in [6, 6.07) is 12.8. The van der Waals surface area contributed by atoms with Gasteiger partial charge in [-0.15, -0.1) is 0 Å². The van der Waals surface area contributed by atoms with Crippen LogP contribution in [0.5, 0.6) is 0 Å². The summed E-state index contributed by atoms with van der Waals surface area (Å²) in [5.41, 5.74) is 3.04. The lowest BCUT2D eigenvalue weighted by Gasteiger charge is -2.09. The number of amides is 2. The van der Waals surface area contributed by atoms with Gasteiger partial charge in [-0.05, 0) is 36.8 Å². The van der Waals surface area contributed by atoms with Crippen LogP contribution in [0.4, 0.5) is 11.4 Å². The molecule has 7 heteroatoms. The number of rotatable bonds is 6. The number of nitrogens with one attached hydrogen (secondary N) is 3. The van der Waals surface area contributed by atoms with E-state index in [-0.39, 0.29) is 11.8 Å². The summed E-state index contributed by atoms with van der Waals surface area (Å²) in [5, 5.41) is 5.81. The zero-order chi connectivity index (χ0) is 18.5. The van der Waals surface area contributed by atoms with Crippen molar-refractivity contribution >= 4 is 45.8 Å². The van der Waals surface area contributed by atoms with E-state index < -0.39 is 0 Å². The van der Waals surface area contributed by atoms with Gasteiger partial charge in [0.2, 0.25) is 11.8 Å². The number of H-pyrrole nitrogens is 1. The normalized spacial score (nSPS) is 10.7. The number of hydrogen-bond donors (Lipinski definition) is 3. The molecule has 0 atom stereocenters. The molecule has 1 aromatic heterocycles. The summed E-state index contributed by atoms with van der Waals surface area (Å²) < 4.78 is 0. The topological polar surface area (TPSA) is 86.9 Å². The second-order valence-corrected chi connectivity index (χ2v) is 6.39. The molecular weight excluding hydrogens is 352 g/mol. The summed E-state index contributed by atoms with van der Waals surface area (Å²) in [7, 11) is 0. The van der Waals surface area contributed by atoms with E-state index in [4.69, 9.17) is 11.6 Å². The molecule has 0 unspecified atom stereocenters. The average Bonchev–Trinajstić information content (AvgIpc) is 2.99. The van der Waals surface area contributed by atoms with Crippen molar-refractivity contribution in [3.8, 4) is 0 Å². The van der Waals surface area contributed by atoms with Gasteiger partial charge in [-0.3, -0.25) is 9.59 Å². The molecule has 2 aromatic carbocycles. The van der Waals surface area contributed by atoms with Crippen molar-refractivity contribution in [1.29, 1.82) is 0 Å². The van der Waals surface area contributed by atoms with Crippen LogP contribution in [-0.2, 0) is 16.0 Å². The van der Waals surface area contributed by atoms with Gasteiger partial charge in [0.15, 0.2) is 0 Å². The molecule has 3 rings (SSSR count). The van der Waals surface area contributed by atoms with Crippen LogP contribution in [-0.4, -0.2) is 21.8 Å². The van der Waals surface area contributed by atoms with E-state index in [1.54, 1.807) is 18.2 Å². The predicted molar refractivity (Wildman–Crippen MR) is 103 cm³/mol. The Kier molecular flexibility index (Phi) is 5.53. The second kappa shape index (κ2) is 8.01. The lowest BCUT2D eigenvalue weighted by atomic mass is 10.2. The van der Waals surface area contributed by atoms with Crippen molar-refractivity contribution in [2.45, 2.75) is 26.2 Å². The number of halogens is 1. The number of hydrogen-bond acceptors (Lipinski definition) is 3. The van der Waals surface area contributed by atoms with E-state index in [0.717, 1.165) is 16.9 Å². The SMILES string of the molecule is CC(=O)Nc1ccc(NC(=O)CCCc2nc3ccccc3[nH]2)cc1Cl. The van der Waals surface area contributed by atoms with E-state index in [1.165, 1.54) is 6.92 Å². The highest BCUT2D eigenvalue weighted by atomic mass is 35.5. The van der Waals surface area contributed by atoms with E-state index in [2.05, 4.69) is 20.6 Å². The number of para-hydroxylation sites is 2. The molecule has 26 heavy (non-hydrogen) atoms. The molecule has 3 aromatic rings. The summed E-state index contributed by atoms with van der Waals surface area (Å²) in [4.78, 5) is 30.9. The third-order valence-electron chi connectivity index (χ3n) is 3.82. The molecule has 134 valence electrons. The predicted octanol–water partition coefficient (Wildman–Crippen LogP) is 4.14. The van der Waals surface area contributed by atoms with Crippen molar-refractivity contribution in [1.82, 2.24) is 9.97 Å². The van der Waals surface area contributed by atoms with E-state index in [9.17, 15) is 9.59 Å². The monoisotopic (exact) mass is 370 g/mol. The van der Waals surface area contributed by atoms with Crippen LogP contribution in [0.2, 0.25) is 5.02 Å². The lowest BCUT2D eigenvalue weighted by Crippen LogP contribution is -2.12. The quantitative estimate of drug-likeness (QED) is 0.609. The van der Waals surface area contributed by atoms with Gasteiger partial charge in [0.1, 0.15) is 5.82 Å². The molecule has 0 bridgehead atoms. The average molecular weight is 371 g/mol. The number of fused-ring (bicyclic) bond motifs is 1. The van der Waals surface area contributed by atoms with Gasteiger partial charge in [-0.1, -0.05) is 23.7 Å². The summed E-state index contributed by atoms with van der Waals surface area (Å²) in [6.07, 6.45) is 1.76. The highest BCUT2D eigenvalue weighted by Gasteiger charge is 2.08. The van der Waals surface area contributed by atoms with Gasteiger partial charge >= 0.3 is 0 Å². The Morgan fingerprint density at radius 1 is 1.15 bits per heavy atom. The van der Waals surface area contributed by atoms with Crippen LogP contribution in [0.25, 0.3) is 11.0 Å². The van der Waals surface area contributed by atoms with Gasteiger partial charge in [0.25, 0.3) is 0 Å². The summed E-state index contributed by atoms with van der Waals surface area (Å²) >= 11 is 6.10. The molecule has 2 amide bonds. The standard InChI is InChI=1S/C19H19ClN4O2/c1-12(25)21-15-10-9-13(11-14(15)20)22-19(26)8-4-7-18-23-16-5-2-3-6-17(16)24-18/h2-3,5-6,9-11H,4,7-8H2,1H3,(H,21,25)(H,22,26)(H,23,24). The molecule has 0 radical (unpaired) electrons. The first kappa shape index (κ1) is 17.9. The fourth-order valence-electron chi connectivity index (χ4n) is 2.65. The van der Waals surface area contributed by atoms with E-state index in [1.807, 2.05) is 24.3 Å². The number of benzene rings is 2. The molecule has 0 fully saturated rings. The molecule has 0 aliphatic heterocycles. The minimum Gasteiger partial charge on any atom is -0.342 e. The van der Waals surface area contributed by atoms with Crippen molar-refractivity contribution < 1.29 is 9.59 Å². The maximum Gasteiger partial charge on any atom is 0.224 e. The largest absolute Gasteiger partial charge is 0.342 e. The maximum atomic E-state index is 12.1. The highest BCUT2D eigenvalue weighted by molar-refractivity contribution is 6.34. The number of aromatic amines is 1. The maximum absolute atomic E-state index is 12.1. The van der Waals surface area contributed by atoms with Gasteiger partial charge in [0, 0.05) is 25.5 Å². The van der Waals surface area contributed by atoms with E-state index in [0.29, 0.717) is 35.7 Å². The Labute approximate surface area is 156 Å². The number of nitrogens with zero attached hydrogens (tertiary/aromatic N) is 1. The molecule has 6 nitrogen and oxygen atoms in total. The first-order valence-electron chi connectivity index (χ1n) is 8.32. The molecule has 1 heterocycles. The fourth-order valence-corrected chi connectivity index (χ4v) is 2.88. The number of anilines is 2. The first-order chi connectivity index (χ1) is 12.5. The number of carbonyl (C=O) groups is 2. The molecular formula is C19H19ClN4O2. The van der Waals surface area contributed by atoms with Crippen molar-refractivity contribution in [3.63, 3.8) is 0 Å². The van der Waals surface area contributed by atoms with Gasteiger partial charge in [-0.25, -0.2) is 4.98 Å². The third-order valence-corrected chi connectivity index (χ3v) is 4.13. The first-order valence-corrected chi connectivity index (χ1v) is 8.69. The third kappa shape index (κ3) is 4.61. The fraction of sp³-hybridized carbons (Fsp3) is 0.211. The van der Waals surface area contributed by atoms with Crippen molar-refractivity contribution in [2.75, 3.05) is 10.6 Å².